The molecule has 0 atom stereocenters. The van der Waals surface area contributed by atoms with Crippen molar-refractivity contribution >= 4 is 27.3 Å². The lowest BCUT2D eigenvalue weighted by Gasteiger charge is -2.18. The minimum atomic E-state index is -3.79. The molecule has 0 unspecified atom stereocenters. The number of hydrogen-bond donors (Lipinski definition) is 1. The second-order valence-corrected chi connectivity index (χ2v) is 8.14. The molecule has 2 aromatic rings. The van der Waals surface area contributed by atoms with Crippen LogP contribution in [0.2, 0.25) is 0 Å². The average Bonchev–Trinajstić information content (AvgIpc) is 3.23. The topological polar surface area (TPSA) is 119 Å². The first-order valence-electron chi connectivity index (χ1n) is 8.57. The summed E-state index contributed by atoms with van der Waals surface area (Å²) in [6.45, 7) is 0.852. The van der Waals surface area contributed by atoms with Gasteiger partial charge in [-0.3, -0.25) is 14.9 Å². The van der Waals surface area contributed by atoms with Gasteiger partial charge in [0.15, 0.2) is 0 Å². The maximum Gasteiger partial charge on any atom is 0.271 e. The third kappa shape index (κ3) is 3.97. The Morgan fingerprint density at radius 3 is 2.54 bits per heavy atom. The van der Waals surface area contributed by atoms with Crippen molar-refractivity contribution in [2.24, 2.45) is 0 Å². The van der Waals surface area contributed by atoms with E-state index in [0.717, 1.165) is 12.8 Å². The number of anilines is 1. The number of nitrogens with one attached hydrogen (secondary N) is 1. The molecule has 28 heavy (non-hydrogen) atoms. The largest absolute Gasteiger partial charge is 0.495 e. The molecular formula is C18H19N3O6S. The smallest absolute Gasteiger partial charge is 0.271 e. The van der Waals surface area contributed by atoms with Gasteiger partial charge in [-0.25, -0.2) is 8.42 Å². The van der Waals surface area contributed by atoms with E-state index in [1.165, 1.54) is 53.9 Å². The molecule has 9 nitrogen and oxygen atoms in total. The summed E-state index contributed by atoms with van der Waals surface area (Å²) in [6.07, 6.45) is 1.57. The molecule has 1 heterocycles. The number of carbonyl (C=O) groups is 1. The summed E-state index contributed by atoms with van der Waals surface area (Å²) in [7, 11) is -2.43. The first kappa shape index (κ1) is 19.8. The number of hydrogen-bond acceptors (Lipinski definition) is 6. The zero-order valence-corrected chi connectivity index (χ0v) is 15.9. The van der Waals surface area contributed by atoms with Gasteiger partial charge < -0.3 is 10.1 Å². The van der Waals surface area contributed by atoms with Gasteiger partial charge in [0, 0.05) is 36.5 Å². The second-order valence-electron chi connectivity index (χ2n) is 6.24. The third-order valence-corrected chi connectivity index (χ3v) is 6.34. The van der Waals surface area contributed by atoms with Gasteiger partial charge in [0.25, 0.3) is 11.6 Å². The lowest BCUT2D eigenvalue weighted by Crippen LogP contribution is -2.28. The molecule has 1 aliphatic rings. The molecule has 0 saturated carbocycles. The van der Waals surface area contributed by atoms with Gasteiger partial charge in [0.05, 0.1) is 12.0 Å². The number of sulfonamides is 1. The predicted octanol–water partition coefficient (Wildman–Crippen LogP) is 2.64. The van der Waals surface area contributed by atoms with Crippen LogP contribution in [0, 0.1) is 10.1 Å². The summed E-state index contributed by atoms with van der Waals surface area (Å²) in [6, 6.07) is 9.62. The number of rotatable bonds is 6. The molecule has 1 amide bonds. The lowest BCUT2D eigenvalue weighted by molar-refractivity contribution is -0.384. The number of nitrogens with zero attached hydrogens (tertiary/aromatic N) is 2. The number of amides is 1. The third-order valence-electron chi connectivity index (χ3n) is 4.42. The van der Waals surface area contributed by atoms with Crippen molar-refractivity contribution in [2.75, 3.05) is 25.5 Å². The molecule has 1 saturated heterocycles. The zero-order valence-electron chi connectivity index (χ0n) is 15.1. The number of methoxy groups -OCH3 is 1. The van der Waals surface area contributed by atoms with Gasteiger partial charge in [-0.1, -0.05) is 6.07 Å². The maximum absolute atomic E-state index is 12.9. The normalized spacial score (nSPS) is 14.6. The quantitative estimate of drug-likeness (QED) is 0.583. The van der Waals surface area contributed by atoms with Crippen LogP contribution < -0.4 is 10.1 Å². The van der Waals surface area contributed by atoms with Crippen LogP contribution >= 0.6 is 0 Å². The summed E-state index contributed by atoms with van der Waals surface area (Å²) in [5, 5.41) is 13.4. The number of ether oxygens (including phenoxy) is 1. The van der Waals surface area contributed by atoms with Gasteiger partial charge in [-0.2, -0.15) is 4.31 Å². The van der Waals surface area contributed by atoms with Crippen molar-refractivity contribution < 1.29 is 22.9 Å². The van der Waals surface area contributed by atoms with Crippen LogP contribution in [0.15, 0.2) is 47.4 Å². The summed E-state index contributed by atoms with van der Waals surface area (Å²) in [5.41, 5.74) is 0.175. The van der Waals surface area contributed by atoms with Crippen molar-refractivity contribution in [3.63, 3.8) is 0 Å². The van der Waals surface area contributed by atoms with Crippen molar-refractivity contribution in [3.8, 4) is 5.75 Å². The van der Waals surface area contributed by atoms with E-state index in [-0.39, 0.29) is 27.6 Å². The van der Waals surface area contributed by atoms with Crippen LogP contribution in [0.1, 0.15) is 23.2 Å². The highest BCUT2D eigenvalue weighted by molar-refractivity contribution is 7.89. The average molecular weight is 405 g/mol. The molecule has 0 spiro atoms. The highest BCUT2D eigenvalue weighted by Gasteiger charge is 2.30. The molecule has 0 radical (unpaired) electrons. The molecule has 0 bridgehead atoms. The number of benzene rings is 2. The fourth-order valence-electron chi connectivity index (χ4n) is 2.99. The Morgan fingerprint density at radius 2 is 1.89 bits per heavy atom. The Labute approximate surface area is 162 Å². The molecule has 0 aliphatic carbocycles. The number of nitro groups is 1. The molecule has 1 aliphatic heterocycles. The molecular weight excluding hydrogens is 386 g/mol. The Hall–Kier alpha value is -2.98. The van der Waals surface area contributed by atoms with Crippen LogP contribution in [0.25, 0.3) is 0 Å². The van der Waals surface area contributed by atoms with E-state index < -0.39 is 20.9 Å². The van der Waals surface area contributed by atoms with E-state index in [1.807, 2.05) is 0 Å². The van der Waals surface area contributed by atoms with Gasteiger partial charge in [0.1, 0.15) is 10.6 Å². The number of carbonyl (C=O) groups excluding carboxylic acids is 1. The highest BCUT2D eigenvalue weighted by Crippen LogP contribution is 2.30. The Bertz CT molecular complexity index is 1020. The van der Waals surface area contributed by atoms with Crippen molar-refractivity contribution in [1.82, 2.24) is 4.31 Å². The van der Waals surface area contributed by atoms with E-state index in [0.29, 0.717) is 13.1 Å². The molecule has 1 fully saturated rings. The first-order valence-corrected chi connectivity index (χ1v) is 10.0. The number of nitro benzene ring substituents is 1. The van der Waals surface area contributed by atoms with Crippen molar-refractivity contribution in [3.05, 3.63) is 58.1 Å². The van der Waals surface area contributed by atoms with Gasteiger partial charge in [-0.15, -0.1) is 0 Å². The van der Waals surface area contributed by atoms with E-state index in [2.05, 4.69) is 5.32 Å². The molecule has 0 aromatic heterocycles. The lowest BCUT2D eigenvalue weighted by atomic mass is 10.2. The van der Waals surface area contributed by atoms with E-state index in [1.54, 1.807) is 0 Å². The molecule has 2 aromatic carbocycles. The minimum Gasteiger partial charge on any atom is -0.495 e. The standard InChI is InChI=1S/C18H19N3O6S/c1-27-16-8-7-13(11-17(16)28(25,26)20-9-2-3-10-20)18(22)19-14-5-4-6-15(12-14)21(23)24/h4-8,11-12H,2-3,9-10H2,1H3,(H,19,22). The molecule has 10 heteroatoms. The zero-order chi connectivity index (χ0) is 20.3. The fraction of sp³-hybridized carbons (Fsp3) is 0.278. The Morgan fingerprint density at radius 1 is 1.18 bits per heavy atom. The van der Waals surface area contributed by atoms with Crippen LogP contribution in [-0.2, 0) is 10.0 Å². The maximum atomic E-state index is 12.9. The fourth-order valence-corrected chi connectivity index (χ4v) is 4.69. The summed E-state index contributed by atoms with van der Waals surface area (Å²) >= 11 is 0. The highest BCUT2D eigenvalue weighted by atomic mass is 32.2. The van der Waals surface area contributed by atoms with Crippen LogP contribution in [0.4, 0.5) is 11.4 Å². The van der Waals surface area contributed by atoms with E-state index in [4.69, 9.17) is 4.74 Å². The van der Waals surface area contributed by atoms with Gasteiger partial charge in [0.2, 0.25) is 10.0 Å². The first-order chi connectivity index (χ1) is 13.3. The van der Waals surface area contributed by atoms with Gasteiger partial charge in [-0.05, 0) is 37.1 Å². The monoisotopic (exact) mass is 405 g/mol. The molecule has 3 rings (SSSR count). The summed E-state index contributed by atoms with van der Waals surface area (Å²) in [5.74, 6) is -0.431. The van der Waals surface area contributed by atoms with Crippen molar-refractivity contribution in [1.29, 1.82) is 0 Å². The van der Waals surface area contributed by atoms with Gasteiger partial charge >= 0.3 is 0 Å². The SMILES string of the molecule is COc1ccc(C(=O)Nc2cccc([N+](=O)[O-])c2)cc1S(=O)(=O)N1CCCC1. The van der Waals surface area contributed by atoms with Crippen molar-refractivity contribution in [2.45, 2.75) is 17.7 Å². The predicted molar refractivity (Wildman–Crippen MR) is 102 cm³/mol. The minimum absolute atomic E-state index is 0.0800. The summed E-state index contributed by atoms with van der Waals surface area (Å²) < 4.78 is 32.4. The Balaban J connectivity index is 1.91. The van der Waals surface area contributed by atoms with Crippen LogP contribution in [-0.4, -0.2) is 43.8 Å². The molecule has 148 valence electrons. The van der Waals surface area contributed by atoms with Crippen LogP contribution in [0.5, 0.6) is 5.75 Å². The van der Waals surface area contributed by atoms with E-state index in [9.17, 15) is 23.3 Å². The van der Waals surface area contributed by atoms with E-state index >= 15 is 0 Å². The number of non-ortho nitro benzene ring substituents is 1. The second kappa shape index (κ2) is 7.95. The summed E-state index contributed by atoms with van der Waals surface area (Å²) in [4.78, 5) is 22.8. The molecule has 1 N–H and O–H groups in total. The van der Waals surface area contributed by atoms with Crippen LogP contribution in [0.3, 0.4) is 0 Å². The Kier molecular flexibility index (Phi) is 5.61.